The molecule has 0 bridgehead atoms. The van der Waals surface area contributed by atoms with E-state index in [9.17, 15) is 0 Å². The first-order valence-corrected chi connectivity index (χ1v) is 17.9. The lowest BCUT2D eigenvalue weighted by molar-refractivity contribution is 1.17. The number of rotatable bonds is 7. The SMILES string of the molecule is Cc1cccc(-c2cc(C)ccc2-n2c3ccccc3c3c(N(c4ccc(-c5ccccc5)cc4)c4ccc(-c5ccccc5)cc4)cccc32)c1. The molecule has 8 aromatic carbocycles. The van der Waals surface area contributed by atoms with Gasteiger partial charge in [0.05, 0.1) is 22.4 Å². The lowest BCUT2D eigenvalue weighted by Gasteiger charge is -2.27. The maximum absolute atomic E-state index is 2.46. The molecule has 0 amide bonds. The van der Waals surface area contributed by atoms with Gasteiger partial charge in [-0.3, -0.25) is 0 Å². The summed E-state index contributed by atoms with van der Waals surface area (Å²) in [7, 11) is 0. The van der Waals surface area contributed by atoms with Gasteiger partial charge in [0.1, 0.15) is 0 Å². The van der Waals surface area contributed by atoms with Gasteiger partial charge in [0.15, 0.2) is 0 Å². The Kier molecular flexibility index (Phi) is 7.98. The topological polar surface area (TPSA) is 8.17 Å². The molecule has 2 heteroatoms. The van der Waals surface area contributed by atoms with Crippen LogP contribution in [0.25, 0.3) is 60.9 Å². The van der Waals surface area contributed by atoms with Crippen LogP contribution in [0, 0.1) is 13.8 Å². The highest BCUT2D eigenvalue weighted by atomic mass is 15.1. The number of aromatic nitrogens is 1. The Balaban J connectivity index is 1.28. The van der Waals surface area contributed by atoms with E-state index in [1.54, 1.807) is 0 Å². The van der Waals surface area contributed by atoms with Crippen LogP contribution in [0.2, 0.25) is 0 Å². The number of anilines is 3. The van der Waals surface area contributed by atoms with Gasteiger partial charge < -0.3 is 9.47 Å². The molecule has 1 aromatic heterocycles. The van der Waals surface area contributed by atoms with E-state index in [0.717, 1.165) is 17.1 Å². The van der Waals surface area contributed by atoms with Crippen LogP contribution in [-0.4, -0.2) is 4.57 Å². The van der Waals surface area contributed by atoms with Gasteiger partial charge in [-0.15, -0.1) is 0 Å². The van der Waals surface area contributed by atoms with Crippen molar-refractivity contribution in [1.82, 2.24) is 4.57 Å². The Morgan fingerprint density at radius 1 is 0.385 bits per heavy atom. The normalized spacial score (nSPS) is 11.3. The Bertz CT molecular complexity index is 2590. The minimum Gasteiger partial charge on any atom is -0.310 e. The lowest BCUT2D eigenvalue weighted by atomic mass is 9.99. The van der Waals surface area contributed by atoms with Crippen molar-refractivity contribution >= 4 is 38.9 Å². The zero-order valence-electron chi connectivity index (χ0n) is 29.4. The van der Waals surface area contributed by atoms with Gasteiger partial charge in [-0.05, 0) is 96.3 Å². The molecule has 0 unspecified atom stereocenters. The van der Waals surface area contributed by atoms with Crippen LogP contribution in [0.3, 0.4) is 0 Å². The van der Waals surface area contributed by atoms with E-state index in [-0.39, 0.29) is 0 Å². The van der Waals surface area contributed by atoms with Gasteiger partial charge in [0.25, 0.3) is 0 Å². The van der Waals surface area contributed by atoms with E-state index in [4.69, 9.17) is 0 Å². The van der Waals surface area contributed by atoms with Crippen LogP contribution in [0.1, 0.15) is 11.1 Å². The van der Waals surface area contributed by atoms with Gasteiger partial charge in [0.2, 0.25) is 0 Å². The number of benzene rings is 8. The van der Waals surface area contributed by atoms with E-state index in [1.165, 1.54) is 72.0 Å². The average Bonchev–Trinajstić information content (AvgIpc) is 3.54. The Hall–Kier alpha value is -6.64. The van der Waals surface area contributed by atoms with E-state index in [2.05, 4.69) is 217 Å². The molecule has 0 spiro atoms. The third-order valence-corrected chi connectivity index (χ3v) is 10.1. The van der Waals surface area contributed by atoms with Crippen LogP contribution >= 0.6 is 0 Å². The number of hydrogen-bond donors (Lipinski definition) is 0. The van der Waals surface area contributed by atoms with Crippen LogP contribution < -0.4 is 4.90 Å². The molecular weight excluding hydrogens is 629 g/mol. The fraction of sp³-hybridized carbons (Fsp3) is 0.0400. The summed E-state index contributed by atoms with van der Waals surface area (Å²) in [5.74, 6) is 0. The minimum atomic E-state index is 1.10. The summed E-state index contributed by atoms with van der Waals surface area (Å²) in [6.07, 6.45) is 0. The highest BCUT2D eigenvalue weighted by molar-refractivity contribution is 6.17. The maximum atomic E-state index is 2.46. The largest absolute Gasteiger partial charge is 0.310 e. The van der Waals surface area contributed by atoms with Crippen molar-refractivity contribution in [1.29, 1.82) is 0 Å². The molecule has 0 aliphatic heterocycles. The summed E-state index contributed by atoms with van der Waals surface area (Å²) in [4.78, 5) is 2.42. The summed E-state index contributed by atoms with van der Waals surface area (Å²) in [5.41, 5.74) is 16.6. The molecule has 0 atom stereocenters. The molecule has 0 aliphatic rings. The summed E-state index contributed by atoms with van der Waals surface area (Å²) >= 11 is 0. The van der Waals surface area contributed by atoms with Crippen molar-refractivity contribution in [2.45, 2.75) is 13.8 Å². The number of fused-ring (bicyclic) bond motifs is 3. The molecular formula is C50H38N2. The second-order valence-corrected chi connectivity index (χ2v) is 13.6. The number of nitrogens with zero attached hydrogens (tertiary/aromatic N) is 2. The van der Waals surface area contributed by atoms with Crippen LogP contribution in [0.15, 0.2) is 194 Å². The van der Waals surface area contributed by atoms with Crippen molar-refractivity contribution in [3.8, 4) is 39.1 Å². The van der Waals surface area contributed by atoms with Gasteiger partial charge in [-0.2, -0.15) is 0 Å². The highest BCUT2D eigenvalue weighted by Gasteiger charge is 2.22. The predicted octanol–water partition coefficient (Wildman–Crippen LogP) is 13.9. The molecule has 9 aromatic rings. The summed E-state index contributed by atoms with van der Waals surface area (Å²) in [5, 5.41) is 2.43. The standard InChI is InChI=1S/C50H38N2/c1-35-13-11-18-41(33-35)45-34-36(2)23-32-47(45)52-46-20-10-9-19-44(46)50-48(21-12-22-49(50)52)51(42-28-24-39(25-29-42)37-14-5-3-6-15-37)43-30-26-40(27-31-43)38-16-7-4-8-17-38/h3-34H,1-2H3. The first-order valence-electron chi connectivity index (χ1n) is 17.9. The zero-order valence-corrected chi connectivity index (χ0v) is 29.4. The second-order valence-electron chi connectivity index (χ2n) is 13.6. The fourth-order valence-corrected chi connectivity index (χ4v) is 7.63. The first-order chi connectivity index (χ1) is 25.6. The molecule has 0 saturated carbocycles. The molecule has 0 N–H and O–H groups in total. The lowest BCUT2D eigenvalue weighted by Crippen LogP contribution is -2.10. The first kappa shape index (κ1) is 31.3. The van der Waals surface area contributed by atoms with Crippen LogP contribution in [-0.2, 0) is 0 Å². The van der Waals surface area contributed by atoms with E-state index in [1.807, 2.05) is 0 Å². The van der Waals surface area contributed by atoms with Gasteiger partial charge >= 0.3 is 0 Å². The fourth-order valence-electron chi connectivity index (χ4n) is 7.63. The van der Waals surface area contributed by atoms with Gasteiger partial charge in [-0.25, -0.2) is 0 Å². The van der Waals surface area contributed by atoms with Crippen molar-refractivity contribution < 1.29 is 0 Å². The molecule has 248 valence electrons. The molecule has 9 rings (SSSR count). The summed E-state index contributed by atoms with van der Waals surface area (Å²) in [6, 6.07) is 70.4. The monoisotopic (exact) mass is 666 g/mol. The quantitative estimate of drug-likeness (QED) is 0.164. The third-order valence-electron chi connectivity index (χ3n) is 10.1. The van der Waals surface area contributed by atoms with Crippen molar-refractivity contribution in [2.75, 3.05) is 4.90 Å². The Labute approximate surface area is 305 Å². The zero-order chi connectivity index (χ0) is 35.0. The number of para-hydroxylation sites is 1. The molecule has 0 radical (unpaired) electrons. The van der Waals surface area contributed by atoms with Crippen molar-refractivity contribution in [3.05, 3.63) is 205 Å². The van der Waals surface area contributed by atoms with E-state index < -0.39 is 0 Å². The molecule has 0 saturated heterocycles. The van der Waals surface area contributed by atoms with Crippen molar-refractivity contribution in [3.63, 3.8) is 0 Å². The average molecular weight is 667 g/mol. The maximum Gasteiger partial charge on any atom is 0.0562 e. The highest BCUT2D eigenvalue weighted by Crippen LogP contribution is 2.45. The van der Waals surface area contributed by atoms with Gasteiger partial charge in [0, 0.05) is 27.7 Å². The number of aryl methyl sites for hydroxylation is 2. The minimum absolute atomic E-state index is 1.10. The Morgan fingerprint density at radius 2 is 0.904 bits per heavy atom. The Morgan fingerprint density at radius 3 is 1.54 bits per heavy atom. The van der Waals surface area contributed by atoms with Crippen LogP contribution in [0.4, 0.5) is 17.1 Å². The molecule has 0 aliphatic carbocycles. The molecule has 2 nitrogen and oxygen atoms in total. The predicted molar refractivity (Wildman–Crippen MR) is 221 cm³/mol. The van der Waals surface area contributed by atoms with E-state index >= 15 is 0 Å². The van der Waals surface area contributed by atoms with Gasteiger partial charge in [-0.1, -0.05) is 151 Å². The third kappa shape index (κ3) is 5.65. The summed E-state index contributed by atoms with van der Waals surface area (Å²) < 4.78 is 2.46. The molecule has 52 heavy (non-hydrogen) atoms. The van der Waals surface area contributed by atoms with Crippen LogP contribution in [0.5, 0.6) is 0 Å². The summed E-state index contributed by atoms with van der Waals surface area (Å²) in [6.45, 7) is 4.34. The van der Waals surface area contributed by atoms with E-state index in [0.29, 0.717) is 0 Å². The number of hydrogen-bond acceptors (Lipinski definition) is 1. The second kappa shape index (κ2) is 13.2. The van der Waals surface area contributed by atoms with Crippen molar-refractivity contribution in [2.24, 2.45) is 0 Å². The molecule has 0 fully saturated rings. The smallest absolute Gasteiger partial charge is 0.0562 e. The molecule has 1 heterocycles.